The van der Waals surface area contributed by atoms with Gasteiger partial charge in [-0.05, 0) is 13.8 Å². The summed E-state index contributed by atoms with van der Waals surface area (Å²) in [6.45, 7) is 5.15. The second-order valence-electron chi connectivity index (χ2n) is 4.49. The van der Waals surface area contributed by atoms with Crippen LogP contribution >= 0.6 is 0 Å². The first-order valence-corrected chi connectivity index (χ1v) is 6.18. The molecule has 7 nitrogen and oxygen atoms in total. The molecule has 2 aromatic rings. The molecule has 2 heterocycles. The highest BCUT2D eigenvalue weighted by atomic mass is 16.2. The van der Waals surface area contributed by atoms with Gasteiger partial charge >= 0.3 is 0 Å². The fourth-order valence-corrected chi connectivity index (χ4v) is 1.75. The van der Waals surface area contributed by atoms with Crippen molar-refractivity contribution in [1.29, 1.82) is 0 Å². The molecule has 0 atom stereocenters. The van der Waals surface area contributed by atoms with Gasteiger partial charge in [0.2, 0.25) is 0 Å². The summed E-state index contributed by atoms with van der Waals surface area (Å²) >= 11 is 0. The number of amides is 1. The molecular weight excluding hydrogens is 244 g/mol. The first kappa shape index (κ1) is 13.3. The molecule has 0 aliphatic rings. The molecule has 0 fully saturated rings. The van der Waals surface area contributed by atoms with Crippen molar-refractivity contribution in [2.24, 2.45) is 5.73 Å². The first-order chi connectivity index (χ1) is 9.11. The Hall–Kier alpha value is -2.15. The smallest absolute Gasteiger partial charge is 0.276 e. The van der Waals surface area contributed by atoms with Crippen LogP contribution in [-0.2, 0) is 6.54 Å². The Kier molecular flexibility index (Phi) is 3.96. The number of rotatable bonds is 5. The number of nitrogens with one attached hydrogen (secondary N) is 1. The summed E-state index contributed by atoms with van der Waals surface area (Å²) in [6, 6.07) is 1.94. The van der Waals surface area contributed by atoms with E-state index >= 15 is 0 Å². The van der Waals surface area contributed by atoms with Gasteiger partial charge in [0.05, 0.1) is 12.5 Å². The molecule has 2 rings (SSSR count). The zero-order valence-corrected chi connectivity index (χ0v) is 11.1. The van der Waals surface area contributed by atoms with Gasteiger partial charge in [0, 0.05) is 31.4 Å². The van der Waals surface area contributed by atoms with Crippen molar-refractivity contribution in [1.82, 2.24) is 19.3 Å². The summed E-state index contributed by atoms with van der Waals surface area (Å²) in [7, 11) is 0. The molecule has 3 N–H and O–H groups in total. The molecule has 102 valence electrons. The molecule has 0 saturated carbocycles. The van der Waals surface area contributed by atoms with Crippen molar-refractivity contribution in [3.8, 4) is 0 Å². The maximum absolute atomic E-state index is 12.0. The van der Waals surface area contributed by atoms with Gasteiger partial charge in [0.15, 0.2) is 0 Å². The largest absolute Gasteiger partial charge is 0.335 e. The van der Waals surface area contributed by atoms with E-state index in [0.29, 0.717) is 24.6 Å². The van der Waals surface area contributed by atoms with E-state index in [2.05, 4.69) is 15.4 Å². The van der Waals surface area contributed by atoms with E-state index in [1.807, 2.05) is 13.8 Å². The van der Waals surface area contributed by atoms with Crippen molar-refractivity contribution in [2.75, 3.05) is 11.9 Å². The highest BCUT2D eigenvalue weighted by Crippen LogP contribution is 2.13. The summed E-state index contributed by atoms with van der Waals surface area (Å²) in [6.07, 6.45) is 4.93. The third-order valence-corrected chi connectivity index (χ3v) is 2.65. The molecule has 0 aromatic carbocycles. The van der Waals surface area contributed by atoms with Gasteiger partial charge < -0.3 is 15.6 Å². The molecule has 0 bridgehead atoms. The second-order valence-corrected chi connectivity index (χ2v) is 4.49. The monoisotopic (exact) mass is 262 g/mol. The van der Waals surface area contributed by atoms with Crippen LogP contribution in [0.4, 0.5) is 5.82 Å². The molecule has 0 spiro atoms. The lowest BCUT2D eigenvalue weighted by atomic mass is 10.4. The van der Waals surface area contributed by atoms with Crippen LogP contribution in [0.5, 0.6) is 0 Å². The third-order valence-electron chi connectivity index (χ3n) is 2.65. The number of nitrogens with two attached hydrogens (primary N) is 1. The maximum atomic E-state index is 12.0. The van der Waals surface area contributed by atoms with Crippen LogP contribution in [0.25, 0.3) is 0 Å². The van der Waals surface area contributed by atoms with Gasteiger partial charge in [0.25, 0.3) is 5.91 Å². The van der Waals surface area contributed by atoms with E-state index in [0.717, 1.165) is 0 Å². The maximum Gasteiger partial charge on any atom is 0.276 e. The molecule has 7 heteroatoms. The lowest BCUT2D eigenvalue weighted by Gasteiger charge is -2.10. The summed E-state index contributed by atoms with van der Waals surface area (Å²) in [5.74, 6) is 0.409. The Morgan fingerprint density at radius 2 is 2.32 bits per heavy atom. The van der Waals surface area contributed by atoms with E-state index in [1.165, 1.54) is 0 Å². The molecule has 0 unspecified atom stereocenters. The minimum Gasteiger partial charge on any atom is -0.335 e. The average Bonchev–Trinajstić information content (AvgIpc) is 2.98. The van der Waals surface area contributed by atoms with Gasteiger partial charge in [-0.25, -0.2) is 9.67 Å². The second kappa shape index (κ2) is 5.66. The molecule has 19 heavy (non-hydrogen) atoms. The molecule has 0 radical (unpaired) electrons. The van der Waals surface area contributed by atoms with Gasteiger partial charge in [-0.1, -0.05) is 0 Å². The summed E-state index contributed by atoms with van der Waals surface area (Å²) in [5.41, 5.74) is 5.81. The van der Waals surface area contributed by atoms with Crippen molar-refractivity contribution in [3.05, 3.63) is 30.5 Å². The lowest BCUT2D eigenvalue weighted by molar-refractivity contribution is 0.102. The van der Waals surface area contributed by atoms with Crippen LogP contribution in [0.15, 0.2) is 24.8 Å². The Labute approximate surface area is 111 Å². The number of nitrogens with zero attached hydrogens (tertiary/aromatic N) is 4. The Morgan fingerprint density at radius 1 is 1.53 bits per heavy atom. The Balaban J connectivity index is 2.09. The van der Waals surface area contributed by atoms with E-state index in [4.69, 9.17) is 5.73 Å². The minimum atomic E-state index is -0.252. The number of anilines is 1. The van der Waals surface area contributed by atoms with E-state index in [1.54, 1.807) is 34.0 Å². The molecule has 1 amide bonds. The number of imidazole rings is 1. The first-order valence-electron chi connectivity index (χ1n) is 6.18. The standard InChI is InChI=1S/C12H18N6O/c1-9(2)18-11(3-5-15-18)16-12(19)10-7-17(6-4-13)8-14-10/h3,5,7-9H,4,6,13H2,1-2H3,(H,16,19). The van der Waals surface area contributed by atoms with Crippen LogP contribution in [-0.4, -0.2) is 31.8 Å². The summed E-state index contributed by atoms with van der Waals surface area (Å²) < 4.78 is 3.53. The number of hydrogen-bond acceptors (Lipinski definition) is 4. The van der Waals surface area contributed by atoms with Crippen molar-refractivity contribution in [3.63, 3.8) is 0 Å². The highest BCUT2D eigenvalue weighted by molar-refractivity contribution is 6.02. The normalized spacial score (nSPS) is 10.9. The van der Waals surface area contributed by atoms with Crippen LogP contribution < -0.4 is 11.1 Å². The average molecular weight is 262 g/mol. The van der Waals surface area contributed by atoms with Crippen LogP contribution in [0.3, 0.4) is 0 Å². The molecule has 2 aromatic heterocycles. The quantitative estimate of drug-likeness (QED) is 0.836. The number of aromatic nitrogens is 4. The summed E-state index contributed by atoms with van der Waals surface area (Å²) in [5, 5.41) is 6.95. The van der Waals surface area contributed by atoms with Crippen LogP contribution in [0, 0.1) is 0 Å². The number of carbonyl (C=O) groups excluding carboxylic acids is 1. The fraction of sp³-hybridized carbons (Fsp3) is 0.417. The predicted molar refractivity (Wildman–Crippen MR) is 71.8 cm³/mol. The van der Waals surface area contributed by atoms with Gasteiger partial charge in [0.1, 0.15) is 11.5 Å². The molecule has 0 aliphatic heterocycles. The molecule has 0 aliphatic carbocycles. The number of hydrogen-bond donors (Lipinski definition) is 2. The molecule has 0 saturated heterocycles. The Morgan fingerprint density at radius 3 is 3.00 bits per heavy atom. The van der Waals surface area contributed by atoms with Crippen LogP contribution in [0.1, 0.15) is 30.4 Å². The van der Waals surface area contributed by atoms with E-state index in [9.17, 15) is 4.79 Å². The van der Waals surface area contributed by atoms with Crippen LogP contribution in [0.2, 0.25) is 0 Å². The lowest BCUT2D eigenvalue weighted by Crippen LogP contribution is -2.17. The van der Waals surface area contributed by atoms with Crippen molar-refractivity contribution < 1.29 is 4.79 Å². The zero-order chi connectivity index (χ0) is 13.8. The van der Waals surface area contributed by atoms with Gasteiger partial charge in [-0.3, -0.25) is 4.79 Å². The van der Waals surface area contributed by atoms with Crippen molar-refractivity contribution >= 4 is 11.7 Å². The molecular formula is C12H18N6O. The topological polar surface area (TPSA) is 90.8 Å². The van der Waals surface area contributed by atoms with E-state index in [-0.39, 0.29) is 11.9 Å². The number of carbonyl (C=O) groups is 1. The minimum absolute atomic E-state index is 0.181. The zero-order valence-electron chi connectivity index (χ0n) is 11.1. The Bertz CT molecular complexity index is 556. The fourth-order valence-electron chi connectivity index (χ4n) is 1.75. The SMILES string of the molecule is CC(C)n1nccc1NC(=O)c1cn(CCN)cn1. The summed E-state index contributed by atoms with van der Waals surface area (Å²) in [4.78, 5) is 16.1. The third kappa shape index (κ3) is 3.00. The highest BCUT2D eigenvalue weighted by Gasteiger charge is 2.13. The van der Waals surface area contributed by atoms with E-state index < -0.39 is 0 Å². The van der Waals surface area contributed by atoms with Gasteiger partial charge in [-0.2, -0.15) is 5.10 Å². The van der Waals surface area contributed by atoms with Gasteiger partial charge in [-0.15, -0.1) is 0 Å². The predicted octanol–water partition coefficient (Wildman–Crippen LogP) is 0.871. The van der Waals surface area contributed by atoms with Crippen molar-refractivity contribution in [2.45, 2.75) is 26.4 Å².